The Morgan fingerprint density at radius 2 is 1.88 bits per heavy atom. The molecule has 0 bridgehead atoms. The fourth-order valence-electron chi connectivity index (χ4n) is 2.06. The lowest BCUT2D eigenvalue weighted by atomic mass is 10.1. The summed E-state index contributed by atoms with van der Waals surface area (Å²) >= 11 is 1.47. The Balaban J connectivity index is 1.98. The van der Waals surface area contributed by atoms with Crippen LogP contribution >= 0.6 is 11.3 Å². The number of benzene rings is 1. The van der Waals surface area contributed by atoms with Crippen LogP contribution in [0.2, 0.25) is 0 Å². The first-order valence-electron chi connectivity index (χ1n) is 6.89. The van der Waals surface area contributed by atoms with Gasteiger partial charge in [-0.2, -0.15) is 24.5 Å². The van der Waals surface area contributed by atoms with Gasteiger partial charge in [0.05, 0.1) is 17.4 Å². The van der Waals surface area contributed by atoms with Crippen molar-refractivity contribution in [3.05, 3.63) is 57.8 Å². The smallest absolute Gasteiger partial charge is 0.375 e. The molecule has 0 radical (unpaired) electrons. The fraction of sp³-hybridized carbons (Fsp3) is 0.333. The summed E-state index contributed by atoms with van der Waals surface area (Å²) in [5.41, 5.74) is 0.327. The second kappa shape index (κ2) is 7.64. The van der Waals surface area contributed by atoms with E-state index in [1.807, 2.05) is 16.8 Å². The highest BCUT2D eigenvalue weighted by Gasteiger charge is 2.30. The van der Waals surface area contributed by atoms with Gasteiger partial charge in [0.25, 0.3) is 0 Å². The first kappa shape index (κ1) is 18.9. The number of methoxy groups -OCH3 is 1. The van der Waals surface area contributed by atoms with E-state index in [-0.39, 0.29) is 12.1 Å². The van der Waals surface area contributed by atoms with Crippen LogP contribution in [-0.2, 0) is 26.7 Å². The van der Waals surface area contributed by atoms with Gasteiger partial charge in [0.15, 0.2) is 0 Å². The van der Waals surface area contributed by atoms with Gasteiger partial charge in [-0.25, -0.2) is 13.1 Å². The Bertz CT molecular complexity index is 741. The molecular formula is C15H16F3NO3S2. The monoisotopic (exact) mass is 379 g/mol. The van der Waals surface area contributed by atoms with Gasteiger partial charge in [0.2, 0.25) is 10.0 Å². The van der Waals surface area contributed by atoms with Crippen LogP contribution in [0, 0.1) is 0 Å². The molecule has 0 spiro atoms. The van der Waals surface area contributed by atoms with E-state index in [0.717, 1.165) is 29.8 Å². The largest absolute Gasteiger partial charge is 0.416 e. The molecule has 24 heavy (non-hydrogen) atoms. The molecule has 0 aliphatic heterocycles. The van der Waals surface area contributed by atoms with Crippen LogP contribution < -0.4 is 4.72 Å². The van der Waals surface area contributed by atoms with Gasteiger partial charge >= 0.3 is 6.18 Å². The summed E-state index contributed by atoms with van der Waals surface area (Å²) in [5, 5.41) is 3.72. The maximum Gasteiger partial charge on any atom is 0.416 e. The number of ether oxygens (including phenoxy) is 1. The molecular weight excluding hydrogens is 363 g/mol. The van der Waals surface area contributed by atoms with Gasteiger partial charge in [-0.05, 0) is 40.1 Å². The number of nitrogens with one attached hydrogen (secondary N) is 1. The molecule has 1 atom stereocenters. The van der Waals surface area contributed by atoms with E-state index < -0.39 is 33.6 Å². The molecule has 1 aromatic heterocycles. The first-order chi connectivity index (χ1) is 11.2. The maximum absolute atomic E-state index is 12.5. The molecule has 0 fully saturated rings. The third kappa shape index (κ3) is 5.30. The topological polar surface area (TPSA) is 55.4 Å². The molecule has 4 nitrogen and oxygen atoms in total. The zero-order valence-corrected chi connectivity index (χ0v) is 14.3. The lowest BCUT2D eigenvalue weighted by Crippen LogP contribution is -2.30. The van der Waals surface area contributed by atoms with E-state index in [1.165, 1.54) is 18.4 Å². The van der Waals surface area contributed by atoms with Gasteiger partial charge < -0.3 is 4.74 Å². The Morgan fingerprint density at radius 3 is 2.38 bits per heavy atom. The van der Waals surface area contributed by atoms with Crippen molar-refractivity contribution in [3.8, 4) is 0 Å². The lowest BCUT2D eigenvalue weighted by molar-refractivity contribution is -0.137. The summed E-state index contributed by atoms with van der Waals surface area (Å²) in [6.45, 7) is 0.0518. The molecule has 2 rings (SSSR count). The van der Waals surface area contributed by atoms with Crippen LogP contribution in [-0.4, -0.2) is 22.1 Å². The molecule has 132 valence electrons. The lowest BCUT2D eigenvalue weighted by Gasteiger charge is -2.15. The summed E-state index contributed by atoms with van der Waals surface area (Å²) in [6.07, 6.45) is -4.86. The fourth-order valence-corrected chi connectivity index (χ4v) is 3.90. The van der Waals surface area contributed by atoms with E-state index in [4.69, 9.17) is 4.74 Å². The normalized spacial score (nSPS) is 13.8. The van der Waals surface area contributed by atoms with Crippen LogP contribution in [0.25, 0.3) is 0 Å². The molecule has 1 unspecified atom stereocenters. The van der Waals surface area contributed by atoms with Crippen LogP contribution in [0.15, 0.2) is 41.1 Å². The van der Waals surface area contributed by atoms with Crippen LogP contribution in [0.1, 0.15) is 22.8 Å². The number of halogens is 3. The highest BCUT2D eigenvalue weighted by Crippen LogP contribution is 2.29. The van der Waals surface area contributed by atoms with Crippen molar-refractivity contribution in [3.63, 3.8) is 0 Å². The minimum Gasteiger partial charge on any atom is -0.375 e. The minimum absolute atomic E-state index is 0.0518. The van der Waals surface area contributed by atoms with E-state index in [2.05, 4.69) is 4.72 Å². The Kier molecular flexibility index (Phi) is 6.02. The van der Waals surface area contributed by atoms with Crippen molar-refractivity contribution >= 4 is 21.4 Å². The molecule has 0 amide bonds. The van der Waals surface area contributed by atoms with E-state index in [1.54, 1.807) is 0 Å². The van der Waals surface area contributed by atoms with Gasteiger partial charge in [-0.1, -0.05) is 12.1 Å². The molecule has 0 saturated carbocycles. The Morgan fingerprint density at radius 1 is 1.21 bits per heavy atom. The zero-order chi connectivity index (χ0) is 17.8. The number of rotatable bonds is 7. The van der Waals surface area contributed by atoms with Gasteiger partial charge in [-0.3, -0.25) is 0 Å². The number of hydrogen-bond acceptors (Lipinski definition) is 4. The van der Waals surface area contributed by atoms with Gasteiger partial charge in [0.1, 0.15) is 0 Å². The molecule has 0 saturated heterocycles. The van der Waals surface area contributed by atoms with Crippen LogP contribution in [0.3, 0.4) is 0 Å². The molecule has 2 aromatic rings. The van der Waals surface area contributed by atoms with Crippen molar-refractivity contribution < 1.29 is 26.3 Å². The Hall–Kier alpha value is -1.42. The maximum atomic E-state index is 12.5. The quantitative estimate of drug-likeness (QED) is 0.800. The van der Waals surface area contributed by atoms with E-state index >= 15 is 0 Å². The molecule has 1 aromatic carbocycles. The van der Waals surface area contributed by atoms with Crippen molar-refractivity contribution in [1.82, 2.24) is 4.72 Å². The molecule has 9 heteroatoms. The summed E-state index contributed by atoms with van der Waals surface area (Å²) in [6, 6.07) is 5.90. The summed E-state index contributed by atoms with van der Waals surface area (Å²) in [5.74, 6) is -0.398. The average molecular weight is 379 g/mol. The highest BCUT2D eigenvalue weighted by atomic mass is 32.2. The predicted octanol–water partition coefficient (Wildman–Crippen LogP) is 3.57. The number of thiophene rings is 1. The van der Waals surface area contributed by atoms with Crippen molar-refractivity contribution in [1.29, 1.82) is 0 Å². The van der Waals surface area contributed by atoms with Crippen LogP contribution in [0.5, 0.6) is 0 Å². The number of alkyl halides is 3. The summed E-state index contributed by atoms with van der Waals surface area (Å²) in [7, 11) is -2.21. The summed E-state index contributed by atoms with van der Waals surface area (Å²) < 4.78 is 69.3. The van der Waals surface area contributed by atoms with Crippen LogP contribution in [0.4, 0.5) is 13.2 Å². The SMILES string of the molecule is COC(CNS(=O)(=O)Cc1ccc(C(F)(F)F)cc1)c1ccsc1. The van der Waals surface area contributed by atoms with Gasteiger partial charge in [0, 0.05) is 13.7 Å². The second-order valence-corrected chi connectivity index (χ2v) is 7.67. The predicted molar refractivity (Wildman–Crippen MR) is 86.1 cm³/mol. The van der Waals surface area contributed by atoms with Crippen molar-refractivity contribution in [2.24, 2.45) is 0 Å². The van der Waals surface area contributed by atoms with E-state index in [9.17, 15) is 21.6 Å². The Labute approximate surface area is 142 Å². The summed E-state index contributed by atoms with van der Waals surface area (Å²) in [4.78, 5) is 0. The highest BCUT2D eigenvalue weighted by molar-refractivity contribution is 7.88. The number of sulfonamides is 1. The van der Waals surface area contributed by atoms with Crippen molar-refractivity contribution in [2.75, 3.05) is 13.7 Å². The molecule has 0 aliphatic rings. The second-order valence-electron chi connectivity index (χ2n) is 5.08. The molecule has 1 N–H and O–H groups in total. The molecule has 1 heterocycles. The zero-order valence-electron chi connectivity index (χ0n) is 12.7. The van der Waals surface area contributed by atoms with Gasteiger partial charge in [-0.15, -0.1) is 0 Å². The number of hydrogen-bond donors (Lipinski definition) is 1. The first-order valence-corrected chi connectivity index (χ1v) is 9.49. The standard InChI is InChI=1S/C15H16F3NO3S2/c1-22-14(12-6-7-23-9-12)8-19-24(20,21)10-11-2-4-13(5-3-11)15(16,17)18/h2-7,9,14,19H,8,10H2,1H3. The third-order valence-electron chi connectivity index (χ3n) is 3.33. The third-order valence-corrected chi connectivity index (χ3v) is 5.35. The molecule has 0 aliphatic carbocycles. The van der Waals surface area contributed by atoms with E-state index in [0.29, 0.717) is 0 Å². The average Bonchev–Trinajstić information content (AvgIpc) is 3.01. The van der Waals surface area contributed by atoms with Crippen molar-refractivity contribution in [2.45, 2.75) is 18.0 Å². The minimum atomic E-state index is -4.44.